The molecule has 5 N–H and O–H groups in total. The Hall–Kier alpha value is -10.1. The number of benzene rings is 5. The van der Waals surface area contributed by atoms with Gasteiger partial charge in [-0.1, -0.05) is 74.5 Å². The molecule has 0 spiro atoms. The molecule has 97 heavy (non-hydrogen) atoms. The summed E-state index contributed by atoms with van der Waals surface area (Å²) in [6.45, 7) is 12.8. The zero-order valence-electron chi connectivity index (χ0n) is 55.9. The molecule has 0 fully saturated rings. The van der Waals surface area contributed by atoms with E-state index in [0.29, 0.717) is 59.8 Å². The number of imide groups is 1. The average Bonchev–Trinajstić information content (AvgIpc) is 1.63. The first kappa shape index (κ1) is 69.7. The van der Waals surface area contributed by atoms with Crippen LogP contribution in [-0.4, -0.2) is 161 Å². The minimum atomic E-state index is -1.59. The van der Waals surface area contributed by atoms with Crippen LogP contribution in [0.1, 0.15) is 123 Å². The molecule has 25 heteroatoms. The molecule has 0 aliphatic carbocycles. The molecule has 10 rings (SSSR count). The molecule has 5 atom stereocenters. The first-order valence-electron chi connectivity index (χ1n) is 32.4. The second-order valence-electron chi connectivity index (χ2n) is 26.2. The minimum absolute atomic E-state index is 0.0249. The number of aliphatic hydroxyl groups is 1. The van der Waals surface area contributed by atoms with Crippen molar-refractivity contribution in [3.63, 3.8) is 0 Å². The van der Waals surface area contributed by atoms with Crippen molar-refractivity contribution in [2.24, 2.45) is 10.9 Å². The summed E-state index contributed by atoms with van der Waals surface area (Å²) in [4.78, 5) is 130. The fraction of sp³-hybridized carbons (Fsp3) is 0.417. The summed E-state index contributed by atoms with van der Waals surface area (Å²) in [6, 6.07) is 25.3. The third-order valence-electron chi connectivity index (χ3n) is 17.7. The van der Waals surface area contributed by atoms with E-state index in [1.54, 1.807) is 89.1 Å². The number of methoxy groups -OCH3 is 2. The summed E-state index contributed by atoms with van der Waals surface area (Å²) in [7, 11) is 2.93. The number of amides is 9. The summed E-state index contributed by atoms with van der Waals surface area (Å²) in [5.41, 5.74) is 4.21. The van der Waals surface area contributed by atoms with Gasteiger partial charge in [-0.3, -0.25) is 48.2 Å². The standard InChI is InChI=1S/C72H83N9O16/c1-42(2)64(76-61(83)37-72(6,7)97-30-26-71(4,5)77-60(82)25-27-78-62(84)23-24-63(78)85)66(87)74-43(3)65(86)75-49-21-19-44(20-22-49)41-96-70(91)81-54-36-59(57(93-9)34-52(54)68(89)80-40-48-18-13-11-16-46(48)32-55(80)69(81)90)95-29-14-28-94-58-35-53-51(33-56(58)92-8)67(88)79-39-47-17-12-10-15-45(47)31-50(79)38-73-53/h10-13,15-24,33-36,38,42-43,50,55,64,69,90H,14,25-32,37,39-41H2,1-9H3,(H,74,87)(H,75,86)(H,76,83)(H,77,82)/t43-,50-,55-,64?,69?/m0/s1. The molecule has 9 amide bonds. The largest absolute Gasteiger partial charge is 0.493 e. The fourth-order valence-electron chi connectivity index (χ4n) is 12.3. The zero-order valence-corrected chi connectivity index (χ0v) is 55.9. The highest BCUT2D eigenvalue weighted by Crippen LogP contribution is 2.43. The van der Waals surface area contributed by atoms with Crippen LogP contribution in [0, 0.1) is 5.92 Å². The molecule has 512 valence electrons. The Morgan fingerprint density at radius 3 is 1.92 bits per heavy atom. The van der Waals surface area contributed by atoms with E-state index in [0.717, 1.165) is 38.6 Å². The van der Waals surface area contributed by atoms with Crippen molar-refractivity contribution in [3.05, 3.63) is 148 Å². The van der Waals surface area contributed by atoms with Gasteiger partial charge in [-0.15, -0.1) is 0 Å². The highest BCUT2D eigenvalue weighted by Gasteiger charge is 2.46. The molecule has 0 bridgehead atoms. The predicted molar refractivity (Wildman–Crippen MR) is 357 cm³/mol. The predicted octanol–water partition coefficient (Wildman–Crippen LogP) is 7.25. The molecule has 5 heterocycles. The van der Waals surface area contributed by atoms with E-state index in [1.165, 1.54) is 38.8 Å². The third kappa shape index (κ3) is 16.4. The lowest BCUT2D eigenvalue weighted by Crippen LogP contribution is -2.55. The SMILES string of the molecule is COc1cc2c(cc1OCCCOc1cc3c(cc1OC)C(=O)N1Cc4ccccc4C[C@H]1C(O)N3C(=O)OCc1ccc(NC(=O)[C@H](C)NC(=O)C(NC(=O)CC(C)(C)OCCC(C)(C)NC(=O)CCN3C(=O)C=CC3=O)C(C)C)cc1)N=C[C@@H]1Cc3ccccc3CN1C2=O. The van der Waals surface area contributed by atoms with Crippen LogP contribution in [0.15, 0.2) is 114 Å². The topological polar surface area (TPSA) is 303 Å². The highest BCUT2D eigenvalue weighted by atomic mass is 16.6. The Morgan fingerprint density at radius 1 is 0.680 bits per heavy atom. The van der Waals surface area contributed by atoms with Gasteiger partial charge >= 0.3 is 6.09 Å². The number of fused-ring (bicyclic) bond motifs is 6. The average molecular weight is 1330 g/mol. The van der Waals surface area contributed by atoms with Crippen molar-refractivity contribution < 1.29 is 76.7 Å². The van der Waals surface area contributed by atoms with Crippen LogP contribution in [0.2, 0.25) is 0 Å². The van der Waals surface area contributed by atoms with Crippen LogP contribution in [-0.2, 0) is 70.8 Å². The van der Waals surface area contributed by atoms with Gasteiger partial charge in [-0.05, 0) is 112 Å². The molecule has 0 aromatic heterocycles. The second kappa shape index (κ2) is 29.9. The smallest absolute Gasteiger partial charge is 0.416 e. The maximum atomic E-state index is 14.7. The quantitative estimate of drug-likeness (QED) is 0.0269. The number of nitrogens with one attached hydrogen (secondary N) is 4. The fourth-order valence-corrected chi connectivity index (χ4v) is 12.3. The Morgan fingerprint density at radius 2 is 1.28 bits per heavy atom. The number of nitrogens with zero attached hydrogens (tertiary/aromatic N) is 5. The van der Waals surface area contributed by atoms with Crippen LogP contribution in [0.4, 0.5) is 21.9 Å². The first-order chi connectivity index (χ1) is 46.3. The third-order valence-corrected chi connectivity index (χ3v) is 17.7. The summed E-state index contributed by atoms with van der Waals surface area (Å²) in [5.74, 6) is -2.75. The van der Waals surface area contributed by atoms with Crippen molar-refractivity contribution in [2.75, 3.05) is 50.8 Å². The Bertz CT molecular complexity index is 3900. The van der Waals surface area contributed by atoms with Gasteiger partial charge in [-0.25, -0.2) is 9.69 Å². The Kier molecular flexibility index (Phi) is 21.5. The van der Waals surface area contributed by atoms with E-state index in [-0.39, 0.29) is 105 Å². The van der Waals surface area contributed by atoms with Gasteiger partial charge in [0, 0.05) is 80.8 Å². The van der Waals surface area contributed by atoms with E-state index in [1.807, 2.05) is 47.4 Å². The van der Waals surface area contributed by atoms with Crippen molar-refractivity contribution in [2.45, 2.75) is 148 Å². The maximum Gasteiger partial charge on any atom is 0.416 e. The second-order valence-corrected chi connectivity index (χ2v) is 26.2. The van der Waals surface area contributed by atoms with Gasteiger partial charge in [0.1, 0.15) is 18.7 Å². The summed E-state index contributed by atoms with van der Waals surface area (Å²) in [6.07, 6.45) is 2.99. The van der Waals surface area contributed by atoms with Gasteiger partial charge in [0.2, 0.25) is 23.6 Å². The number of carbonyl (C=O) groups excluding carboxylic acids is 9. The van der Waals surface area contributed by atoms with Gasteiger partial charge in [0.05, 0.1) is 74.0 Å². The van der Waals surface area contributed by atoms with E-state index >= 15 is 0 Å². The highest BCUT2D eigenvalue weighted by molar-refractivity contribution is 6.13. The number of rotatable bonds is 26. The molecule has 5 aromatic rings. The number of carbonyl (C=O) groups is 9. The van der Waals surface area contributed by atoms with Crippen LogP contribution in [0.25, 0.3) is 0 Å². The lowest BCUT2D eigenvalue weighted by atomic mass is 9.93. The molecule has 0 saturated heterocycles. The van der Waals surface area contributed by atoms with Gasteiger partial charge < -0.3 is 64.6 Å². The summed E-state index contributed by atoms with van der Waals surface area (Å²) in [5, 5.41) is 23.5. The molecule has 0 radical (unpaired) electrons. The number of aliphatic imine (C=N–C) groups is 1. The normalized spacial score (nSPS) is 17.7. The van der Waals surface area contributed by atoms with Crippen molar-refractivity contribution in [1.29, 1.82) is 0 Å². The number of ether oxygens (including phenoxy) is 6. The lowest BCUT2D eigenvalue weighted by Gasteiger charge is -2.39. The zero-order chi connectivity index (χ0) is 69.5. The molecule has 5 aliphatic rings. The van der Waals surface area contributed by atoms with Gasteiger partial charge in [-0.2, -0.15) is 0 Å². The summed E-state index contributed by atoms with van der Waals surface area (Å²) >= 11 is 0. The van der Waals surface area contributed by atoms with Crippen LogP contribution < -0.4 is 45.1 Å². The van der Waals surface area contributed by atoms with Crippen molar-refractivity contribution in [3.8, 4) is 23.0 Å². The van der Waals surface area contributed by atoms with Gasteiger partial charge in [0.25, 0.3) is 23.6 Å². The molecular formula is C72H83N9O16. The van der Waals surface area contributed by atoms with E-state index in [9.17, 15) is 48.3 Å². The molecule has 0 saturated carbocycles. The number of hydrogen-bond acceptors (Lipinski definition) is 17. The Labute approximate surface area is 562 Å². The molecule has 25 nitrogen and oxygen atoms in total. The molecule has 2 unspecified atom stereocenters. The van der Waals surface area contributed by atoms with Crippen LogP contribution in [0.5, 0.6) is 23.0 Å². The number of aliphatic hydroxyl groups excluding tert-OH is 1. The van der Waals surface area contributed by atoms with E-state index in [4.69, 9.17) is 33.4 Å². The number of anilines is 2. The van der Waals surface area contributed by atoms with Crippen LogP contribution >= 0.6 is 0 Å². The van der Waals surface area contributed by atoms with Crippen molar-refractivity contribution >= 4 is 76.6 Å². The summed E-state index contributed by atoms with van der Waals surface area (Å²) < 4.78 is 36.0. The first-order valence-corrected chi connectivity index (χ1v) is 32.4. The number of hydrogen-bond donors (Lipinski definition) is 5. The molecular weight excluding hydrogens is 1250 g/mol. The van der Waals surface area contributed by atoms with E-state index in [2.05, 4.69) is 27.3 Å². The van der Waals surface area contributed by atoms with Crippen molar-refractivity contribution in [1.82, 2.24) is 30.7 Å². The van der Waals surface area contributed by atoms with E-state index < -0.39 is 77.0 Å². The maximum absolute atomic E-state index is 14.7. The molecule has 5 aromatic carbocycles. The van der Waals surface area contributed by atoms with Gasteiger partial charge in [0.15, 0.2) is 29.2 Å². The Balaban J connectivity index is 0.732. The minimum Gasteiger partial charge on any atom is -0.493 e. The monoisotopic (exact) mass is 1330 g/mol. The lowest BCUT2D eigenvalue weighted by molar-refractivity contribution is -0.137. The van der Waals surface area contributed by atoms with Crippen LogP contribution in [0.3, 0.4) is 0 Å². The molecule has 5 aliphatic heterocycles.